The predicted octanol–water partition coefficient (Wildman–Crippen LogP) is 3.13. The summed E-state index contributed by atoms with van der Waals surface area (Å²) in [6, 6.07) is 4.81. The van der Waals surface area contributed by atoms with Gasteiger partial charge in [0, 0.05) is 29.7 Å². The van der Waals surface area contributed by atoms with Crippen LogP contribution in [0.4, 0.5) is 4.79 Å². The zero-order valence-corrected chi connectivity index (χ0v) is 16.7. The molecule has 148 valence electrons. The van der Waals surface area contributed by atoms with Gasteiger partial charge in [0.05, 0.1) is 18.4 Å². The van der Waals surface area contributed by atoms with Gasteiger partial charge in [0.15, 0.2) is 0 Å². The lowest BCUT2D eigenvalue weighted by Crippen LogP contribution is -2.49. The third-order valence-electron chi connectivity index (χ3n) is 5.24. The Kier molecular flexibility index (Phi) is 5.23. The molecule has 7 nitrogen and oxygen atoms in total. The second-order valence-electron chi connectivity index (χ2n) is 6.86. The predicted molar refractivity (Wildman–Crippen MR) is 105 cm³/mol. The molecule has 2 aromatic heterocycles. The lowest BCUT2D eigenvalue weighted by atomic mass is 9.97. The quantitative estimate of drug-likeness (QED) is 0.752. The zero-order chi connectivity index (χ0) is 19.7. The first kappa shape index (κ1) is 18.8. The number of hydrogen-bond donors (Lipinski definition) is 2. The molecule has 2 aliphatic rings. The molecule has 2 unspecified atom stereocenters. The number of amides is 2. The summed E-state index contributed by atoms with van der Waals surface area (Å²) in [5.41, 5.74) is 2.27. The van der Waals surface area contributed by atoms with Crippen LogP contribution >= 0.6 is 11.3 Å². The molecule has 2 aromatic rings. The lowest BCUT2D eigenvalue weighted by Gasteiger charge is -2.36. The third-order valence-corrected chi connectivity index (χ3v) is 6.24. The maximum Gasteiger partial charge on any atom is 0.338 e. The van der Waals surface area contributed by atoms with E-state index in [9.17, 15) is 9.59 Å². The highest BCUT2D eigenvalue weighted by Gasteiger charge is 2.37. The Balaban J connectivity index is 1.69. The van der Waals surface area contributed by atoms with Crippen LogP contribution in [0.2, 0.25) is 0 Å². The summed E-state index contributed by atoms with van der Waals surface area (Å²) in [6.07, 6.45) is 2.49. The van der Waals surface area contributed by atoms with Gasteiger partial charge in [-0.25, -0.2) is 9.59 Å². The number of nitrogens with one attached hydrogen (secondary N) is 2. The minimum atomic E-state index is -0.672. The van der Waals surface area contributed by atoms with Gasteiger partial charge in [-0.2, -0.15) is 0 Å². The van der Waals surface area contributed by atoms with Crippen LogP contribution in [0.5, 0.6) is 0 Å². The number of rotatable bonds is 5. The lowest BCUT2D eigenvalue weighted by molar-refractivity contribution is -0.139. The maximum absolute atomic E-state index is 12.8. The van der Waals surface area contributed by atoms with Crippen LogP contribution in [0.3, 0.4) is 0 Å². The number of hydrogen-bond acceptors (Lipinski definition) is 6. The van der Waals surface area contributed by atoms with Crippen LogP contribution < -0.4 is 10.6 Å². The standard InChI is InChI=1S/C20H23N3O4S/c1-3-26-19(24)17-14(21-20(25)22-18(17)15-5-4-9-27-15)11-23-8-6-16-13(12(23)2)7-10-28-16/h4-5,7,9-10,12,18H,3,6,8,11H2,1-2H3,(H2,21,22,25). The summed E-state index contributed by atoms with van der Waals surface area (Å²) in [7, 11) is 0. The van der Waals surface area contributed by atoms with Gasteiger partial charge in [0.2, 0.25) is 0 Å². The fourth-order valence-electron chi connectivity index (χ4n) is 3.84. The fourth-order valence-corrected chi connectivity index (χ4v) is 4.80. The molecule has 0 bridgehead atoms. The third kappa shape index (κ3) is 3.45. The minimum Gasteiger partial charge on any atom is -0.467 e. The molecule has 0 radical (unpaired) electrons. The SMILES string of the molecule is CCOC(=O)C1=C(CN2CCc3sccc3C2C)NC(=O)NC1c1ccco1. The number of carbonyl (C=O) groups is 2. The second kappa shape index (κ2) is 7.81. The Morgan fingerprint density at radius 3 is 3.04 bits per heavy atom. The number of urea groups is 1. The minimum absolute atomic E-state index is 0.208. The Hall–Kier alpha value is -2.58. The molecule has 2 amide bonds. The summed E-state index contributed by atoms with van der Waals surface area (Å²) in [5.74, 6) is 0.0505. The fraction of sp³-hybridized carbons (Fsp3) is 0.400. The molecule has 8 heteroatoms. The molecule has 0 aliphatic carbocycles. The van der Waals surface area contributed by atoms with Crippen LogP contribution in [0.25, 0.3) is 0 Å². The van der Waals surface area contributed by atoms with Crippen molar-refractivity contribution in [3.8, 4) is 0 Å². The van der Waals surface area contributed by atoms with Crippen molar-refractivity contribution in [2.24, 2.45) is 0 Å². The molecule has 0 spiro atoms. The van der Waals surface area contributed by atoms with Gasteiger partial charge < -0.3 is 19.8 Å². The summed E-state index contributed by atoms with van der Waals surface area (Å²) in [4.78, 5) is 28.8. The van der Waals surface area contributed by atoms with E-state index in [-0.39, 0.29) is 18.7 Å². The number of ether oxygens (including phenoxy) is 1. The monoisotopic (exact) mass is 401 g/mol. The van der Waals surface area contributed by atoms with Crippen molar-refractivity contribution in [1.82, 2.24) is 15.5 Å². The normalized spacial score (nSPS) is 22.4. The molecule has 0 fully saturated rings. The molecule has 4 heterocycles. The van der Waals surface area contributed by atoms with E-state index in [0.717, 1.165) is 13.0 Å². The van der Waals surface area contributed by atoms with E-state index in [1.807, 2.05) is 0 Å². The van der Waals surface area contributed by atoms with Gasteiger partial charge in [0.1, 0.15) is 11.8 Å². The Morgan fingerprint density at radius 1 is 1.43 bits per heavy atom. The molecule has 0 aromatic carbocycles. The van der Waals surface area contributed by atoms with Crippen molar-refractivity contribution in [2.45, 2.75) is 32.4 Å². The van der Waals surface area contributed by atoms with Gasteiger partial charge in [-0.05, 0) is 49.4 Å². The van der Waals surface area contributed by atoms with Crippen molar-refractivity contribution in [1.29, 1.82) is 0 Å². The molecular formula is C20H23N3O4S. The first-order valence-electron chi connectivity index (χ1n) is 9.39. The number of thiophene rings is 1. The number of furan rings is 1. The number of nitrogens with zero attached hydrogens (tertiary/aromatic N) is 1. The largest absolute Gasteiger partial charge is 0.467 e. The van der Waals surface area contributed by atoms with E-state index in [0.29, 0.717) is 23.6 Å². The van der Waals surface area contributed by atoms with Crippen molar-refractivity contribution >= 4 is 23.3 Å². The molecule has 0 saturated carbocycles. The summed E-state index contributed by atoms with van der Waals surface area (Å²) >= 11 is 1.78. The van der Waals surface area contributed by atoms with E-state index in [1.54, 1.807) is 30.4 Å². The van der Waals surface area contributed by atoms with Crippen LogP contribution in [0.1, 0.15) is 42.1 Å². The molecule has 28 heavy (non-hydrogen) atoms. The van der Waals surface area contributed by atoms with Crippen LogP contribution in [0, 0.1) is 0 Å². The highest BCUT2D eigenvalue weighted by Crippen LogP contribution is 2.34. The first-order chi connectivity index (χ1) is 13.6. The summed E-state index contributed by atoms with van der Waals surface area (Å²) in [6.45, 7) is 5.49. The number of esters is 1. The van der Waals surface area contributed by atoms with Crippen LogP contribution in [-0.4, -0.2) is 36.6 Å². The van der Waals surface area contributed by atoms with E-state index >= 15 is 0 Å². The van der Waals surface area contributed by atoms with Gasteiger partial charge in [0.25, 0.3) is 0 Å². The molecule has 0 saturated heterocycles. The van der Waals surface area contributed by atoms with Gasteiger partial charge in [-0.15, -0.1) is 11.3 Å². The van der Waals surface area contributed by atoms with E-state index in [2.05, 4.69) is 33.9 Å². The summed E-state index contributed by atoms with van der Waals surface area (Å²) < 4.78 is 10.8. The maximum atomic E-state index is 12.8. The topological polar surface area (TPSA) is 83.8 Å². The van der Waals surface area contributed by atoms with E-state index in [1.165, 1.54) is 16.7 Å². The molecule has 4 rings (SSSR count). The molecule has 2 atom stereocenters. The Morgan fingerprint density at radius 2 is 2.29 bits per heavy atom. The Labute approximate surface area is 167 Å². The van der Waals surface area contributed by atoms with Gasteiger partial charge in [-0.3, -0.25) is 4.90 Å². The summed E-state index contributed by atoms with van der Waals surface area (Å²) in [5, 5.41) is 7.73. The van der Waals surface area contributed by atoms with Crippen LogP contribution in [-0.2, 0) is 16.0 Å². The van der Waals surface area contributed by atoms with E-state index in [4.69, 9.17) is 9.15 Å². The average Bonchev–Trinajstić information content (AvgIpc) is 3.35. The van der Waals surface area contributed by atoms with Crippen molar-refractivity contribution in [3.05, 3.63) is 57.3 Å². The van der Waals surface area contributed by atoms with Crippen LogP contribution in [0.15, 0.2) is 45.5 Å². The van der Waals surface area contributed by atoms with E-state index < -0.39 is 12.0 Å². The van der Waals surface area contributed by atoms with Crippen molar-refractivity contribution < 1.29 is 18.7 Å². The smallest absolute Gasteiger partial charge is 0.338 e. The average molecular weight is 401 g/mol. The van der Waals surface area contributed by atoms with Crippen molar-refractivity contribution in [2.75, 3.05) is 19.7 Å². The number of fused-ring (bicyclic) bond motifs is 1. The van der Waals surface area contributed by atoms with Gasteiger partial charge >= 0.3 is 12.0 Å². The highest BCUT2D eigenvalue weighted by molar-refractivity contribution is 7.10. The van der Waals surface area contributed by atoms with Gasteiger partial charge in [-0.1, -0.05) is 0 Å². The molecule has 2 N–H and O–H groups in total. The second-order valence-corrected chi connectivity index (χ2v) is 7.86. The highest BCUT2D eigenvalue weighted by atomic mass is 32.1. The van der Waals surface area contributed by atoms with Crippen molar-refractivity contribution in [3.63, 3.8) is 0 Å². The number of carbonyl (C=O) groups excluding carboxylic acids is 2. The molecule has 2 aliphatic heterocycles. The first-order valence-corrected chi connectivity index (χ1v) is 10.3. The zero-order valence-electron chi connectivity index (χ0n) is 15.9. The molecular weight excluding hydrogens is 378 g/mol. The Bertz CT molecular complexity index is 902.